The van der Waals surface area contributed by atoms with Gasteiger partial charge in [0.1, 0.15) is 0 Å². The van der Waals surface area contributed by atoms with E-state index in [-0.39, 0.29) is 0 Å². The number of likely N-dealkylation sites (tertiary alicyclic amines) is 1. The van der Waals surface area contributed by atoms with Crippen molar-refractivity contribution >= 4 is 0 Å². The molecule has 2 heterocycles. The van der Waals surface area contributed by atoms with Crippen molar-refractivity contribution in [3.63, 3.8) is 0 Å². The second-order valence-electron chi connectivity index (χ2n) is 5.36. The highest BCUT2D eigenvalue weighted by Gasteiger charge is 2.28. The standard InChI is InChI=1S/C12H24N2/c1-10-5-6-12(13-8-10)11-4-3-7-14(2)9-11/h10-13H,3-9H2,1-2H3/t10-,11+,12+/m0/s1. The van der Waals surface area contributed by atoms with Gasteiger partial charge in [0.15, 0.2) is 0 Å². The van der Waals surface area contributed by atoms with E-state index in [0.717, 1.165) is 17.9 Å². The Morgan fingerprint density at radius 2 is 2.07 bits per heavy atom. The van der Waals surface area contributed by atoms with E-state index in [1.54, 1.807) is 0 Å². The van der Waals surface area contributed by atoms with E-state index in [4.69, 9.17) is 0 Å². The van der Waals surface area contributed by atoms with Crippen LogP contribution >= 0.6 is 0 Å². The smallest absolute Gasteiger partial charge is 0.0108 e. The molecule has 0 spiro atoms. The molecule has 14 heavy (non-hydrogen) atoms. The molecule has 2 nitrogen and oxygen atoms in total. The normalized spacial score (nSPS) is 41.1. The molecule has 2 aliphatic rings. The van der Waals surface area contributed by atoms with Gasteiger partial charge in [0.2, 0.25) is 0 Å². The Morgan fingerprint density at radius 3 is 2.71 bits per heavy atom. The largest absolute Gasteiger partial charge is 0.313 e. The number of nitrogens with zero attached hydrogens (tertiary/aromatic N) is 1. The van der Waals surface area contributed by atoms with E-state index in [0.29, 0.717) is 0 Å². The van der Waals surface area contributed by atoms with Gasteiger partial charge in [-0.05, 0) is 57.7 Å². The summed E-state index contributed by atoms with van der Waals surface area (Å²) in [5.41, 5.74) is 0. The van der Waals surface area contributed by atoms with Crippen LogP contribution in [0.1, 0.15) is 32.6 Å². The summed E-state index contributed by atoms with van der Waals surface area (Å²) in [6.45, 7) is 6.22. The Balaban J connectivity index is 1.82. The summed E-state index contributed by atoms with van der Waals surface area (Å²) in [4.78, 5) is 2.49. The second-order valence-corrected chi connectivity index (χ2v) is 5.36. The van der Waals surface area contributed by atoms with Crippen molar-refractivity contribution in [3.8, 4) is 0 Å². The van der Waals surface area contributed by atoms with Crippen molar-refractivity contribution in [2.45, 2.75) is 38.6 Å². The molecule has 0 aliphatic carbocycles. The summed E-state index contributed by atoms with van der Waals surface area (Å²) in [7, 11) is 2.26. The minimum atomic E-state index is 0.814. The van der Waals surface area contributed by atoms with Crippen LogP contribution in [0.3, 0.4) is 0 Å². The minimum absolute atomic E-state index is 0.814. The van der Waals surface area contributed by atoms with Crippen molar-refractivity contribution in [2.24, 2.45) is 11.8 Å². The molecule has 82 valence electrons. The molecule has 0 aromatic heterocycles. The van der Waals surface area contributed by atoms with Crippen LogP contribution in [0.2, 0.25) is 0 Å². The average molecular weight is 196 g/mol. The predicted molar refractivity (Wildman–Crippen MR) is 60.4 cm³/mol. The van der Waals surface area contributed by atoms with E-state index in [9.17, 15) is 0 Å². The van der Waals surface area contributed by atoms with Crippen LogP contribution in [0.5, 0.6) is 0 Å². The van der Waals surface area contributed by atoms with E-state index in [1.807, 2.05) is 0 Å². The van der Waals surface area contributed by atoms with Gasteiger partial charge in [0, 0.05) is 12.6 Å². The summed E-state index contributed by atoms with van der Waals surface area (Å²) in [5.74, 6) is 1.81. The first-order chi connectivity index (χ1) is 6.75. The third-order valence-electron chi connectivity index (χ3n) is 3.93. The zero-order valence-electron chi connectivity index (χ0n) is 9.63. The van der Waals surface area contributed by atoms with Crippen molar-refractivity contribution in [2.75, 3.05) is 26.7 Å². The van der Waals surface area contributed by atoms with Gasteiger partial charge in [-0.15, -0.1) is 0 Å². The van der Waals surface area contributed by atoms with Crippen LogP contribution in [0.15, 0.2) is 0 Å². The van der Waals surface area contributed by atoms with Crippen molar-refractivity contribution < 1.29 is 0 Å². The number of piperidine rings is 2. The van der Waals surface area contributed by atoms with Crippen LogP contribution in [0.25, 0.3) is 0 Å². The van der Waals surface area contributed by atoms with E-state index < -0.39 is 0 Å². The maximum Gasteiger partial charge on any atom is 0.0108 e. The lowest BCUT2D eigenvalue weighted by Crippen LogP contribution is -2.48. The monoisotopic (exact) mass is 196 g/mol. The number of hydrogen-bond donors (Lipinski definition) is 1. The molecule has 2 aliphatic heterocycles. The van der Waals surface area contributed by atoms with Gasteiger partial charge < -0.3 is 10.2 Å². The highest BCUT2D eigenvalue weighted by atomic mass is 15.1. The number of rotatable bonds is 1. The first-order valence-electron chi connectivity index (χ1n) is 6.17. The fourth-order valence-electron chi connectivity index (χ4n) is 2.96. The lowest BCUT2D eigenvalue weighted by Gasteiger charge is -2.38. The van der Waals surface area contributed by atoms with Gasteiger partial charge in [-0.3, -0.25) is 0 Å². The number of hydrogen-bond acceptors (Lipinski definition) is 2. The van der Waals surface area contributed by atoms with Gasteiger partial charge in [-0.25, -0.2) is 0 Å². The second kappa shape index (κ2) is 4.63. The zero-order chi connectivity index (χ0) is 9.97. The molecular weight excluding hydrogens is 172 g/mol. The van der Waals surface area contributed by atoms with E-state index in [1.165, 1.54) is 45.3 Å². The maximum absolute atomic E-state index is 3.73. The Morgan fingerprint density at radius 1 is 1.21 bits per heavy atom. The van der Waals surface area contributed by atoms with Crippen LogP contribution in [-0.4, -0.2) is 37.6 Å². The summed E-state index contributed by atoms with van der Waals surface area (Å²) >= 11 is 0. The molecule has 2 saturated heterocycles. The molecule has 1 N–H and O–H groups in total. The van der Waals surface area contributed by atoms with Crippen LogP contribution in [-0.2, 0) is 0 Å². The van der Waals surface area contributed by atoms with Gasteiger partial charge in [-0.1, -0.05) is 6.92 Å². The summed E-state index contributed by atoms with van der Waals surface area (Å²) < 4.78 is 0. The van der Waals surface area contributed by atoms with Crippen molar-refractivity contribution in [1.82, 2.24) is 10.2 Å². The van der Waals surface area contributed by atoms with Gasteiger partial charge >= 0.3 is 0 Å². The molecule has 0 bridgehead atoms. The molecular formula is C12H24N2. The fraction of sp³-hybridized carbons (Fsp3) is 1.00. The quantitative estimate of drug-likeness (QED) is 0.687. The lowest BCUT2D eigenvalue weighted by molar-refractivity contribution is 0.149. The maximum atomic E-state index is 3.73. The molecule has 0 radical (unpaired) electrons. The Labute approximate surface area is 88.1 Å². The average Bonchev–Trinajstić information content (AvgIpc) is 2.19. The topological polar surface area (TPSA) is 15.3 Å². The first-order valence-corrected chi connectivity index (χ1v) is 6.17. The highest BCUT2D eigenvalue weighted by Crippen LogP contribution is 2.25. The number of nitrogens with one attached hydrogen (secondary N) is 1. The summed E-state index contributed by atoms with van der Waals surface area (Å²) in [6, 6.07) is 0.814. The van der Waals surface area contributed by atoms with Crippen molar-refractivity contribution in [3.05, 3.63) is 0 Å². The minimum Gasteiger partial charge on any atom is -0.313 e. The van der Waals surface area contributed by atoms with Crippen LogP contribution in [0.4, 0.5) is 0 Å². The van der Waals surface area contributed by atoms with E-state index in [2.05, 4.69) is 24.2 Å². The van der Waals surface area contributed by atoms with E-state index >= 15 is 0 Å². The van der Waals surface area contributed by atoms with Crippen LogP contribution in [0, 0.1) is 11.8 Å². The molecule has 0 saturated carbocycles. The zero-order valence-corrected chi connectivity index (χ0v) is 9.63. The molecule has 2 heteroatoms. The Bertz CT molecular complexity index is 173. The molecule has 2 fully saturated rings. The molecule has 0 aromatic rings. The fourth-order valence-corrected chi connectivity index (χ4v) is 2.96. The molecule has 2 rings (SSSR count). The Kier molecular flexibility index (Phi) is 3.45. The summed E-state index contributed by atoms with van der Waals surface area (Å²) in [6.07, 6.45) is 5.67. The van der Waals surface area contributed by atoms with Crippen molar-refractivity contribution in [1.29, 1.82) is 0 Å². The highest BCUT2D eigenvalue weighted by molar-refractivity contribution is 4.85. The van der Waals surface area contributed by atoms with Crippen LogP contribution < -0.4 is 5.32 Å². The van der Waals surface area contributed by atoms with Gasteiger partial charge in [-0.2, -0.15) is 0 Å². The third kappa shape index (κ3) is 2.48. The molecule has 0 aromatic carbocycles. The first kappa shape index (κ1) is 10.4. The SMILES string of the molecule is C[C@H]1CC[C@H]([C@@H]2CCCN(C)C2)NC1. The lowest BCUT2D eigenvalue weighted by atomic mass is 9.84. The summed E-state index contributed by atoms with van der Waals surface area (Å²) in [5, 5.41) is 3.73. The molecule has 3 atom stereocenters. The predicted octanol–water partition coefficient (Wildman–Crippen LogP) is 1.72. The molecule has 0 amide bonds. The Hall–Kier alpha value is -0.0800. The van der Waals surface area contributed by atoms with Gasteiger partial charge in [0.05, 0.1) is 0 Å². The molecule has 0 unspecified atom stereocenters. The third-order valence-corrected chi connectivity index (χ3v) is 3.93. The van der Waals surface area contributed by atoms with Gasteiger partial charge in [0.25, 0.3) is 0 Å².